The van der Waals surface area contributed by atoms with Crippen molar-refractivity contribution in [3.63, 3.8) is 0 Å². The van der Waals surface area contributed by atoms with Crippen molar-refractivity contribution in [1.29, 1.82) is 0 Å². The Kier molecular flexibility index (Phi) is 6.42. The maximum atomic E-state index is 11.7. The molecule has 1 N–H and O–H groups in total. The fourth-order valence-electron chi connectivity index (χ4n) is 2.38. The van der Waals surface area contributed by atoms with E-state index >= 15 is 0 Å². The van der Waals surface area contributed by atoms with E-state index in [4.69, 9.17) is 0 Å². The summed E-state index contributed by atoms with van der Waals surface area (Å²) in [6.07, 6.45) is 1.66. The molecule has 1 heterocycles. The molecule has 6 heteroatoms. The van der Waals surface area contributed by atoms with Gasteiger partial charge in [0.2, 0.25) is 5.91 Å². The number of aromatic nitrogens is 3. The van der Waals surface area contributed by atoms with Gasteiger partial charge in [0.05, 0.1) is 5.75 Å². The number of carbonyl (C=O) groups excluding carboxylic acids is 1. The fourth-order valence-corrected chi connectivity index (χ4v) is 3.21. The van der Waals surface area contributed by atoms with E-state index in [0.717, 1.165) is 23.1 Å². The highest BCUT2D eigenvalue weighted by Crippen LogP contribution is 2.27. The minimum Gasteiger partial charge on any atom is -0.352 e. The first-order chi connectivity index (χ1) is 11.9. The van der Waals surface area contributed by atoms with Crippen LogP contribution >= 0.6 is 11.8 Å². The third-order valence-electron chi connectivity index (χ3n) is 3.82. The minimum atomic E-state index is -0.0355. The van der Waals surface area contributed by atoms with Crippen LogP contribution in [0.2, 0.25) is 0 Å². The molecule has 0 aliphatic rings. The summed E-state index contributed by atoms with van der Waals surface area (Å²) in [6.45, 7) is 13.5. The van der Waals surface area contributed by atoms with Gasteiger partial charge in [0, 0.05) is 18.7 Å². The van der Waals surface area contributed by atoms with Crippen LogP contribution in [0.5, 0.6) is 0 Å². The molecule has 1 amide bonds. The molecular formula is C19H26N4OS. The van der Waals surface area contributed by atoms with Crippen LogP contribution in [0.25, 0.3) is 11.4 Å². The Morgan fingerprint density at radius 1 is 1.28 bits per heavy atom. The van der Waals surface area contributed by atoms with Crippen LogP contribution in [0.15, 0.2) is 42.1 Å². The second kappa shape index (κ2) is 8.34. The van der Waals surface area contributed by atoms with Crippen LogP contribution in [-0.4, -0.2) is 33.0 Å². The van der Waals surface area contributed by atoms with Crippen molar-refractivity contribution in [2.45, 2.75) is 44.8 Å². The van der Waals surface area contributed by atoms with Gasteiger partial charge in [-0.1, -0.05) is 62.9 Å². The van der Waals surface area contributed by atoms with Crippen molar-refractivity contribution in [2.24, 2.45) is 0 Å². The van der Waals surface area contributed by atoms with E-state index in [1.807, 2.05) is 4.57 Å². The highest BCUT2D eigenvalue weighted by Gasteiger charge is 2.17. The number of hydrogen-bond donors (Lipinski definition) is 1. The van der Waals surface area contributed by atoms with Crippen molar-refractivity contribution in [3.05, 3.63) is 42.5 Å². The molecule has 0 aliphatic heterocycles. The number of carbonyl (C=O) groups is 1. The number of amides is 1. The molecule has 5 nitrogen and oxygen atoms in total. The van der Waals surface area contributed by atoms with Gasteiger partial charge < -0.3 is 9.88 Å². The average Bonchev–Trinajstić information content (AvgIpc) is 3.00. The van der Waals surface area contributed by atoms with Gasteiger partial charge in [-0.05, 0) is 17.9 Å². The predicted octanol–water partition coefficient (Wildman–Crippen LogP) is 3.66. The Balaban J connectivity index is 2.16. The molecular weight excluding hydrogens is 332 g/mol. The Bertz CT molecular complexity index is 729. The second-order valence-electron chi connectivity index (χ2n) is 6.76. The molecule has 0 unspecified atom stereocenters. The molecule has 0 bridgehead atoms. The number of hydrogen-bond acceptors (Lipinski definition) is 4. The molecule has 134 valence electrons. The molecule has 0 fully saturated rings. The van der Waals surface area contributed by atoms with Crippen LogP contribution in [-0.2, 0) is 16.8 Å². The lowest BCUT2D eigenvalue weighted by molar-refractivity contribution is -0.118. The van der Waals surface area contributed by atoms with E-state index < -0.39 is 0 Å². The van der Waals surface area contributed by atoms with Gasteiger partial charge in [-0.25, -0.2) is 0 Å². The third kappa shape index (κ3) is 4.95. The first-order valence-corrected chi connectivity index (χ1v) is 9.40. The molecule has 1 aromatic heterocycles. The van der Waals surface area contributed by atoms with Gasteiger partial charge in [-0.15, -0.1) is 16.8 Å². The summed E-state index contributed by atoms with van der Waals surface area (Å²) in [4.78, 5) is 11.7. The minimum absolute atomic E-state index is 0.0355. The zero-order chi connectivity index (χ0) is 18.4. The molecule has 1 aromatic carbocycles. The molecule has 2 aromatic rings. The monoisotopic (exact) mass is 358 g/mol. The summed E-state index contributed by atoms with van der Waals surface area (Å²) in [7, 11) is 0. The summed E-state index contributed by atoms with van der Waals surface area (Å²) in [5, 5.41) is 12.1. The second-order valence-corrected chi connectivity index (χ2v) is 7.70. The van der Waals surface area contributed by atoms with Gasteiger partial charge in [-0.3, -0.25) is 4.79 Å². The third-order valence-corrected chi connectivity index (χ3v) is 4.78. The Morgan fingerprint density at radius 2 is 1.96 bits per heavy atom. The van der Waals surface area contributed by atoms with E-state index in [0.29, 0.717) is 12.3 Å². The van der Waals surface area contributed by atoms with Crippen LogP contribution < -0.4 is 5.32 Å². The van der Waals surface area contributed by atoms with Crippen molar-refractivity contribution >= 4 is 17.7 Å². The van der Waals surface area contributed by atoms with Crippen LogP contribution in [0.3, 0.4) is 0 Å². The van der Waals surface area contributed by atoms with Gasteiger partial charge in [0.15, 0.2) is 11.0 Å². The van der Waals surface area contributed by atoms with E-state index in [2.05, 4.69) is 74.1 Å². The largest absolute Gasteiger partial charge is 0.352 e. The molecule has 0 atom stereocenters. The van der Waals surface area contributed by atoms with Gasteiger partial charge in [0.25, 0.3) is 0 Å². The normalized spacial score (nSPS) is 11.4. The molecule has 0 aliphatic carbocycles. The van der Waals surface area contributed by atoms with Crippen molar-refractivity contribution < 1.29 is 4.79 Å². The van der Waals surface area contributed by atoms with Gasteiger partial charge in [0.1, 0.15) is 0 Å². The molecule has 0 saturated heterocycles. The van der Waals surface area contributed by atoms with Crippen LogP contribution in [0, 0.1) is 0 Å². The topological polar surface area (TPSA) is 59.8 Å². The molecule has 2 rings (SSSR count). The van der Waals surface area contributed by atoms with Crippen molar-refractivity contribution in [1.82, 2.24) is 20.1 Å². The smallest absolute Gasteiger partial charge is 0.230 e. The Morgan fingerprint density at radius 3 is 2.52 bits per heavy atom. The van der Waals surface area contributed by atoms with Crippen molar-refractivity contribution in [2.75, 3.05) is 12.3 Å². The van der Waals surface area contributed by atoms with E-state index in [-0.39, 0.29) is 11.3 Å². The van der Waals surface area contributed by atoms with Gasteiger partial charge in [-0.2, -0.15) is 0 Å². The lowest BCUT2D eigenvalue weighted by Gasteiger charge is -2.19. The fraction of sp³-hybridized carbons (Fsp3) is 0.421. The quantitative estimate of drug-likeness (QED) is 0.606. The summed E-state index contributed by atoms with van der Waals surface area (Å²) >= 11 is 1.40. The van der Waals surface area contributed by atoms with E-state index in [1.54, 1.807) is 6.08 Å². The SMILES string of the molecule is C=CCNC(=O)CSc1nnc(-c2ccc(C(C)(C)C)cc2)n1CC. The first-order valence-electron chi connectivity index (χ1n) is 8.41. The zero-order valence-electron chi connectivity index (χ0n) is 15.4. The standard InChI is InChI=1S/C19H26N4OS/c1-6-12-20-16(24)13-25-18-22-21-17(23(18)7-2)14-8-10-15(11-9-14)19(3,4)5/h6,8-11H,1,7,12-13H2,2-5H3,(H,20,24). The first kappa shape index (κ1) is 19.2. The number of nitrogens with one attached hydrogen (secondary N) is 1. The summed E-state index contributed by atoms with van der Waals surface area (Å²) in [5.41, 5.74) is 2.44. The zero-order valence-corrected chi connectivity index (χ0v) is 16.2. The van der Waals surface area contributed by atoms with E-state index in [1.165, 1.54) is 17.3 Å². The Labute approximate surface area is 153 Å². The highest BCUT2D eigenvalue weighted by molar-refractivity contribution is 7.99. The number of benzene rings is 1. The predicted molar refractivity (Wildman–Crippen MR) is 104 cm³/mol. The summed E-state index contributed by atoms with van der Waals surface area (Å²) in [5.74, 6) is 1.11. The molecule has 0 radical (unpaired) electrons. The molecule has 0 spiro atoms. The van der Waals surface area contributed by atoms with Crippen molar-refractivity contribution in [3.8, 4) is 11.4 Å². The maximum Gasteiger partial charge on any atom is 0.230 e. The summed E-state index contributed by atoms with van der Waals surface area (Å²) in [6, 6.07) is 8.45. The Hall–Kier alpha value is -2.08. The number of nitrogens with zero attached hydrogens (tertiary/aromatic N) is 3. The maximum absolute atomic E-state index is 11.7. The highest BCUT2D eigenvalue weighted by atomic mass is 32.2. The average molecular weight is 359 g/mol. The number of thioether (sulfide) groups is 1. The summed E-state index contributed by atoms with van der Waals surface area (Å²) < 4.78 is 2.04. The van der Waals surface area contributed by atoms with Crippen LogP contribution in [0.4, 0.5) is 0 Å². The number of rotatable bonds is 7. The van der Waals surface area contributed by atoms with Crippen LogP contribution in [0.1, 0.15) is 33.3 Å². The lowest BCUT2D eigenvalue weighted by Crippen LogP contribution is -2.25. The van der Waals surface area contributed by atoms with E-state index in [9.17, 15) is 4.79 Å². The molecule has 25 heavy (non-hydrogen) atoms. The molecule has 0 saturated carbocycles. The van der Waals surface area contributed by atoms with Gasteiger partial charge >= 0.3 is 0 Å². The lowest BCUT2D eigenvalue weighted by atomic mass is 9.87.